The molecule has 0 unspecified atom stereocenters. The van der Waals surface area contributed by atoms with E-state index in [0.29, 0.717) is 5.92 Å². The van der Waals surface area contributed by atoms with Gasteiger partial charge in [0.1, 0.15) is 18.0 Å². The van der Waals surface area contributed by atoms with Gasteiger partial charge in [-0.05, 0) is 30.9 Å². The van der Waals surface area contributed by atoms with E-state index in [1.165, 1.54) is 0 Å². The second-order valence-corrected chi connectivity index (χ2v) is 6.21. The zero-order valence-corrected chi connectivity index (χ0v) is 13.3. The van der Waals surface area contributed by atoms with Gasteiger partial charge in [0.2, 0.25) is 0 Å². The molecular formula is C17H20N6. The topological polar surface area (TPSA) is 59.7 Å². The maximum atomic E-state index is 4.75. The van der Waals surface area contributed by atoms with Gasteiger partial charge in [-0.2, -0.15) is 0 Å². The number of piperidine rings is 1. The van der Waals surface area contributed by atoms with Crippen molar-refractivity contribution in [1.29, 1.82) is 0 Å². The van der Waals surface area contributed by atoms with Crippen molar-refractivity contribution in [2.45, 2.75) is 19.3 Å². The van der Waals surface area contributed by atoms with Crippen molar-refractivity contribution >= 4 is 16.9 Å². The number of hydrogen-bond donors (Lipinski definition) is 0. The standard InChI is InChI=1S/C17H20N6/c1-22-12-19-21-16(22)10-13-6-8-23(9-7-13)17-11-18-14-4-2-3-5-15(14)20-17/h2-5,11-13H,6-10H2,1H3. The Kier molecular flexibility index (Phi) is 3.65. The molecule has 0 aliphatic carbocycles. The van der Waals surface area contributed by atoms with Gasteiger partial charge in [-0.1, -0.05) is 12.1 Å². The quantitative estimate of drug-likeness (QED) is 0.742. The van der Waals surface area contributed by atoms with Crippen molar-refractivity contribution in [1.82, 2.24) is 24.7 Å². The van der Waals surface area contributed by atoms with Crippen LogP contribution in [0.5, 0.6) is 0 Å². The molecule has 2 aromatic heterocycles. The maximum Gasteiger partial charge on any atom is 0.147 e. The summed E-state index contributed by atoms with van der Waals surface area (Å²) in [5, 5.41) is 8.16. The largest absolute Gasteiger partial charge is 0.355 e. The summed E-state index contributed by atoms with van der Waals surface area (Å²) >= 11 is 0. The van der Waals surface area contributed by atoms with Gasteiger partial charge in [-0.3, -0.25) is 4.98 Å². The zero-order chi connectivity index (χ0) is 15.6. The van der Waals surface area contributed by atoms with Crippen molar-refractivity contribution in [2.24, 2.45) is 13.0 Å². The first-order chi connectivity index (χ1) is 11.3. The highest BCUT2D eigenvalue weighted by Crippen LogP contribution is 2.24. The fraction of sp³-hybridized carbons (Fsp3) is 0.412. The third-order valence-electron chi connectivity index (χ3n) is 4.65. The normalized spacial score (nSPS) is 16.1. The number of rotatable bonds is 3. The summed E-state index contributed by atoms with van der Waals surface area (Å²) in [7, 11) is 2.01. The first-order valence-corrected chi connectivity index (χ1v) is 8.09. The molecule has 0 saturated carbocycles. The number of benzene rings is 1. The van der Waals surface area contributed by atoms with E-state index in [9.17, 15) is 0 Å². The Balaban J connectivity index is 1.43. The molecule has 4 rings (SSSR count). The minimum Gasteiger partial charge on any atom is -0.355 e. The fourth-order valence-corrected chi connectivity index (χ4v) is 3.22. The third kappa shape index (κ3) is 2.88. The van der Waals surface area contributed by atoms with Crippen LogP contribution in [0.25, 0.3) is 11.0 Å². The van der Waals surface area contributed by atoms with E-state index in [2.05, 4.69) is 20.1 Å². The van der Waals surface area contributed by atoms with Gasteiger partial charge in [0.05, 0.1) is 17.2 Å². The molecule has 0 radical (unpaired) electrons. The van der Waals surface area contributed by atoms with Crippen molar-refractivity contribution in [3.05, 3.63) is 42.6 Å². The maximum absolute atomic E-state index is 4.75. The number of fused-ring (bicyclic) bond motifs is 1. The van der Waals surface area contributed by atoms with Crippen molar-refractivity contribution in [3.63, 3.8) is 0 Å². The highest BCUT2D eigenvalue weighted by atomic mass is 15.2. The molecule has 0 atom stereocenters. The summed E-state index contributed by atoms with van der Waals surface area (Å²) in [6.07, 6.45) is 6.98. The molecule has 0 bridgehead atoms. The molecule has 118 valence electrons. The van der Waals surface area contributed by atoms with E-state index in [0.717, 1.165) is 55.0 Å². The Morgan fingerprint density at radius 1 is 1.13 bits per heavy atom. The van der Waals surface area contributed by atoms with Gasteiger partial charge in [0.15, 0.2) is 0 Å². The predicted molar refractivity (Wildman–Crippen MR) is 89.2 cm³/mol. The molecule has 3 heterocycles. The van der Waals surface area contributed by atoms with Crippen LogP contribution in [-0.2, 0) is 13.5 Å². The number of hydrogen-bond acceptors (Lipinski definition) is 5. The molecule has 3 aromatic rings. The minimum absolute atomic E-state index is 0.669. The van der Waals surface area contributed by atoms with E-state index in [1.54, 1.807) is 6.33 Å². The molecule has 23 heavy (non-hydrogen) atoms. The lowest BCUT2D eigenvalue weighted by atomic mass is 9.93. The lowest BCUT2D eigenvalue weighted by molar-refractivity contribution is 0.392. The molecule has 0 spiro atoms. The molecule has 1 aliphatic rings. The summed E-state index contributed by atoms with van der Waals surface area (Å²) in [4.78, 5) is 11.6. The van der Waals surface area contributed by atoms with E-state index < -0.39 is 0 Å². The summed E-state index contributed by atoms with van der Waals surface area (Å²) in [5.41, 5.74) is 1.92. The molecule has 1 saturated heterocycles. The molecule has 1 aliphatic heterocycles. The predicted octanol–water partition coefficient (Wildman–Crippen LogP) is 2.22. The second kappa shape index (κ2) is 5.95. The van der Waals surface area contributed by atoms with Crippen LogP contribution < -0.4 is 4.90 Å². The summed E-state index contributed by atoms with van der Waals surface area (Å²) < 4.78 is 2.02. The van der Waals surface area contributed by atoms with E-state index in [1.807, 2.05) is 42.1 Å². The van der Waals surface area contributed by atoms with Crippen LogP contribution in [0.4, 0.5) is 5.82 Å². The SMILES string of the molecule is Cn1cnnc1CC1CCN(c2cnc3ccccc3n2)CC1. The number of anilines is 1. The van der Waals surface area contributed by atoms with Gasteiger partial charge in [-0.25, -0.2) is 4.98 Å². The number of aryl methyl sites for hydroxylation is 1. The summed E-state index contributed by atoms with van der Waals surface area (Å²) in [5.74, 6) is 2.73. The van der Waals surface area contributed by atoms with Crippen LogP contribution in [0, 0.1) is 5.92 Å². The first kappa shape index (κ1) is 14.1. The van der Waals surface area contributed by atoms with Gasteiger partial charge >= 0.3 is 0 Å². The van der Waals surface area contributed by atoms with Crippen LogP contribution in [0.1, 0.15) is 18.7 Å². The number of para-hydroxylation sites is 2. The smallest absolute Gasteiger partial charge is 0.147 e. The average molecular weight is 308 g/mol. The molecule has 1 aromatic carbocycles. The van der Waals surface area contributed by atoms with E-state index in [-0.39, 0.29) is 0 Å². The van der Waals surface area contributed by atoms with Crippen molar-refractivity contribution in [2.75, 3.05) is 18.0 Å². The number of aromatic nitrogens is 5. The Morgan fingerprint density at radius 2 is 1.91 bits per heavy atom. The van der Waals surface area contributed by atoms with Gasteiger partial charge in [0.25, 0.3) is 0 Å². The molecular weight excluding hydrogens is 288 g/mol. The highest BCUT2D eigenvalue weighted by Gasteiger charge is 2.22. The number of nitrogens with zero attached hydrogens (tertiary/aromatic N) is 6. The Bertz CT molecular complexity index is 803. The third-order valence-corrected chi connectivity index (χ3v) is 4.65. The Labute approximate surface area is 135 Å². The molecule has 0 amide bonds. The Morgan fingerprint density at radius 3 is 2.65 bits per heavy atom. The lowest BCUT2D eigenvalue weighted by Crippen LogP contribution is -2.35. The van der Waals surface area contributed by atoms with Gasteiger partial charge < -0.3 is 9.47 Å². The Hall–Kier alpha value is -2.50. The molecule has 0 N–H and O–H groups in total. The van der Waals surface area contributed by atoms with Crippen LogP contribution in [-0.4, -0.2) is 37.8 Å². The molecule has 6 heteroatoms. The highest BCUT2D eigenvalue weighted by molar-refractivity contribution is 5.75. The van der Waals surface area contributed by atoms with Gasteiger partial charge in [0, 0.05) is 26.6 Å². The second-order valence-electron chi connectivity index (χ2n) is 6.21. The summed E-state index contributed by atoms with van der Waals surface area (Å²) in [6.45, 7) is 2.05. The lowest BCUT2D eigenvalue weighted by Gasteiger charge is -2.32. The summed E-state index contributed by atoms with van der Waals surface area (Å²) in [6, 6.07) is 8.02. The van der Waals surface area contributed by atoms with E-state index in [4.69, 9.17) is 4.98 Å². The minimum atomic E-state index is 0.669. The molecule has 6 nitrogen and oxygen atoms in total. The average Bonchev–Trinajstić information content (AvgIpc) is 3.00. The van der Waals surface area contributed by atoms with Crippen LogP contribution >= 0.6 is 0 Å². The monoisotopic (exact) mass is 308 g/mol. The molecule has 1 fully saturated rings. The van der Waals surface area contributed by atoms with E-state index >= 15 is 0 Å². The van der Waals surface area contributed by atoms with Crippen molar-refractivity contribution in [3.8, 4) is 0 Å². The van der Waals surface area contributed by atoms with Crippen LogP contribution in [0.3, 0.4) is 0 Å². The van der Waals surface area contributed by atoms with Crippen LogP contribution in [0.2, 0.25) is 0 Å². The zero-order valence-electron chi connectivity index (χ0n) is 13.3. The first-order valence-electron chi connectivity index (χ1n) is 8.09. The van der Waals surface area contributed by atoms with Crippen molar-refractivity contribution < 1.29 is 0 Å². The fourth-order valence-electron chi connectivity index (χ4n) is 3.22. The van der Waals surface area contributed by atoms with Gasteiger partial charge in [-0.15, -0.1) is 10.2 Å². The van der Waals surface area contributed by atoms with Crippen LogP contribution in [0.15, 0.2) is 36.8 Å².